The zero-order valence-electron chi connectivity index (χ0n) is 13.3. The number of hydrogen-bond donors (Lipinski definition) is 0. The summed E-state index contributed by atoms with van der Waals surface area (Å²) in [5.41, 5.74) is 2.90. The maximum absolute atomic E-state index is 12.2. The van der Waals surface area contributed by atoms with Crippen LogP contribution < -0.4 is 4.74 Å². The Labute approximate surface area is 129 Å². The lowest BCUT2D eigenvalue weighted by Gasteiger charge is -2.13. The molecule has 0 saturated heterocycles. The van der Waals surface area contributed by atoms with Gasteiger partial charge in [-0.25, -0.2) is 0 Å². The molecular formula is C17H19N3O2. The minimum Gasteiger partial charge on any atom is -0.497 e. The first-order valence-corrected chi connectivity index (χ1v) is 7.14. The van der Waals surface area contributed by atoms with E-state index in [-0.39, 0.29) is 12.5 Å². The number of aromatic nitrogens is 2. The molecule has 0 atom stereocenters. The molecule has 2 heterocycles. The largest absolute Gasteiger partial charge is 0.497 e. The quantitative estimate of drug-likeness (QED) is 0.746. The van der Waals surface area contributed by atoms with Crippen LogP contribution in [0.15, 0.2) is 30.5 Å². The highest BCUT2D eigenvalue weighted by Gasteiger charge is 2.16. The number of methoxy groups -OCH3 is 1. The Morgan fingerprint density at radius 2 is 2.05 bits per heavy atom. The Morgan fingerprint density at radius 1 is 1.27 bits per heavy atom. The Balaban J connectivity index is 2.35. The molecule has 5 nitrogen and oxygen atoms in total. The van der Waals surface area contributed by atoms with Crippen LogP contribution in [0.4, 0.5) is 0 Å². The maximum Gasteiger partial charge on any atom is 0.242 e. The van der Waals surface area contributed by atoms with Crippen LogP contribution in [-0.4, -0.2) is 41.6 Å². The summed E-state index contributed by atoms with van der Waals surface area (Å²) in [6.45, 7) is 2.25. The summed E-state index contributed by atoms with van der Waals surface area (Å²) >= 11 is 0. The van der Waals surface area contributed by atoms with Crippen molar-refractivity contribution < 1.29 is 9.53 Å². The normalized spacial score (nSPS) is 11.1. The van der Waals surface area contributed by atoms with Crippen LogP contribution in [0.25, 0.3) is 21.8 Å². The topological polar surface area (TPSA) is 47.4 Å². The van der Waals surface area contributed by atoms with E-state index in [2.05, 4.69) is 4.98 Å². The summed E-state index contributed by atoms with van der Waals surface area (Å²) in [5.74, 6) is 0.823. The maximum atomic E-state index is 12.2. The van der Waals surface area contributed by atoms with Gasteiger partial charge in [-0.15, -0.1) is 0 Å². The first-order chi connectivity index (χ1) is 10.5. The van der Waals surface area contributed by atoms with Crippen molar-refractivity contribution in [2.45, 2.75) is 13.5 Å². The molecule has 5 heteroatoms. The van der Waals surface area contributed by atoms with Gasteiger partial charge in [-0.2, -0.15) is 0 Å². The Kier molecular flexibility index (Phi) is 3.48. The van der Waals surface area contributed by atoms with Crippen LogP contribution in [-0.2, 0) is 11.3 Å². The van der Waals surface area contributed by atoms with Crippen LogP contribution in [0.1, 0.15) is 5.69 Å². The summed E-state index contributed by atoms with van der Waals surface area (Å²) in [5, 5.41) is 2.21. The molecule has 0 radical (unpaired) electrons. The number of ether oxygens (including phenoxy) is 1. The molecule has 0 spiro atoms. The average molecular weight is 297 g/mol. The van der Waals surface area contributed by atoms with E-state index in [1.54, 1.807) is 32.3 Å². The predicted octanol–water partition coefficient (Wildman–Crippen LogP) is 2.59. The monoisotopic (exact) mass is 297 g/mol. The number of carbonyl (C=O) groups is 1. The number of hydrogen-bond acceptors (Lipinski definition) is 3. The highest BCUT2D eigenvalue weighted by Crippen LogP contribution is 2.32. The summed E-state index contributed by atoms with van der Waals surface area (Å²) in [4.78, 5) is 18.2. The summed E-state index contributed by atoms with van der Waals surface area (Å²) in [6, 6.07) is 7.94. The molecule has 3 rings (SSSR count). The van der Waals surface area contributed by atoms with Crippen LogP contribution in [0.5, 0.6) is 5.75 Å². The molecule has 114 valence electrons. The van der Waals surface area contributed by atoms with Crippen molar-refractivity contribution in [3.63, 3.8) is 0 Å². The van der Waals surface area contributed by atoms with Gasteiger partial charge in [-0.3, -0.25) is 9.78 Å². The standard InChI is InChI=1S/C17H19N3O2/c1-11-17-14(7-8-18-11)13-6-5-12(22-4)9-15(13)20(17)10-16(21)19(2)3/h5-9H,10H2,1-4H3. The molecule has 0 unspecified atom stereocenters. The molecule has 0 aliphatic heterocycles. The molecule has 0 saturated carbocycles. The predicted molar refractivity (Wildman–Crippen MR) is 87.2 cm³/mol. The van der Waals surface area contributed by atoms with Crippen molar-refractivity contribution >= 4 is 27.7 Å². The van der Waals surface area contributed by atoms with Gasteiger partial charge in [-0.1, -0.05) is 0 Å². The molecule has 0 fully saturated rings. The van der Waals surface area contributed by atoms with E-state index in [4.69, 9.17) is 4.74 Å². The molecule has 1 aromatic carbocycles. The molecule has 1 amide bonds. The van der Waals surface area contributed by atoms with Gasteiger partial charge in [0.1, 0.15) is 12.3 Å². The van der Waals surface area contributed by atoms with E-state index in [9.17, 15) is 4.79 Å². The minimum absolute atomic E-state index is 0.0462. The van der Waals surface area contributed by atoms with E-state index >= 15 is 0 Å². The first kappa shape index (κ1) is 14.4. The Hall–Kier alpha value is -2.56. The molecule has 0 aliphatic rings. The van der Waals surface area contributed by atoms with E-state index in [0.717, 1.165) is 33.2 Å². The molecule has 2 aromatic heterocycles. The second kappa shape index (κ2) is 5.33. The molecule has 3 aromatic rings. The molecule has 0 aliphatic carbocycles. The molecule has 0 bridgehead atoms. The lowest BCUT2D eigenvalue weighted by molar-refractivity contribution is -0.129. The summed E-state index contributed by atoms with van der Waals surface area (Å²) < 4.78 is 7.36. The van der Waals surface area contributed by atoms with E-state index < -0.39 is 0 Å². The van der Waals surface area contributed by atoms with Gasteiger partial charge in [0.15, 0.2) is 0 Å². The zero-order chi connectivity index (χ0) is 15.9. The van der Waals surface area contributed by atoms with E-state index in [1.165, 1.54) is 0 Å². The lowest BCUT2D eigenvalue weighted by atomic mass is 10.1. The number of benzene rings is 1. The Morgan fingerprint density at radius 3 is 2.73 bits per heavy atom. The lowest BCUT2D eigenvalue weighted by Crippen LogP contribution is -2.26. The van der Waals surface area contributed by atoms with Gasteiger partial charge < -0.3 is 14.2 Å². The van der Waals surface area contributed by atoms with Crippen molar-refractivity contribution in [2.24, 2.45) is 0 Å². The van der Waals surface area contributed by atoms with Gasteiger partial charge in [0, 0.05) is 37.1 Å². The number of carbonyl (C=O) groups excluding carboxylic acids is 1. The number of pyridine rings is 1. The second-order valence-electron chi connectivity index (χ2n) is 5.55. The zero-order valence-corrected chi connectivity index (χ0v) is 13.3. The smallest absolute Gasteiger partial charge is 0.242 e. The first-order valence-electron chi connectivity index (χ1n) is 7.14. The van der Waals surface area contributed by atoms with Gasteiger partial charge in [-0.05, 0) is 25.1 Å². The summed E-state index contributed by atoms with van der Waals surface area (Å²) in [7, 11) is 5.18. The minimum atomic E-state index is 0.0462. The van der Waals surface area contributed by atoms with Gasteiger partial charge in [0.25, 0.3) is 0 Å². The fourth-order valence-corrected chi connectivity index (χ4v) is 2.77. The number of aryl methyl sites for hydroxylation is 1. The van der Waals surface area contributed by atoms with Crippen molar-refractivity contribution in [1.82, 2.24) is 14.5 Å². The third kappa shape index (κ3) is 2.19. The molecule has 0 N–H and O–H groups in total. The second-order valence-corrected chi connectivity index (χ2v) is 5.55. The fraction of sp³-hybridized carbons (Fsp3) is 0.294. The number of nitrogens with zero attached hydrogens (tertiary/aromatic N) is 3. The van der Waals surface area contributed by atoms with E-state index in [1.807, 2.05) is 35.8 Å². The SMILES string of the molecule is COc1ccc2c3ccnc(C)c3n(CC(=O)N(C)C)c2c1. The van der Waals surface area contributed by atoms with Crippen molar-refractivity contribution in [1.29, 1.82) is 0 Å². The highest BCUT2D eigenvalue weighted by molar-refractivity contribution is 6.09. The highest BCUT2D eigenvalue weighted by atomic mass is 16.5. The van der Waals surface area contributed by atoms with Crippen LogP contribution >= 0.6 is 0 Å². The van der Waals surface area contributed by atoms with E-state index in [0.29, 0.717) is 0 Å². The van der Waals surface area contributed by atoms with Crippen LogP contribution in [0.2, 0.25) is 0 Å². The third-order valence-electron chi connectivity index (χ3n) is 3.96. The fourth-order valence-electron chi connectivity index (χ4n) is 2.77. The van der Waals surface area contributed by atoms with Crippen molar-refractivity contribution in [3.05, 3.63) is 36.2 Å². The van der Waals surface area contributed by atoms with Crippen LogP contribution in [0.3, 0.4) is 0 Å². The van der Waals surface area contributed by atoms with Crippen molar-refractivity contribution in [2.75, 3.05) is 21.2 Å². The van der Waals surface area contributed by atoms with Gasteiger partial charge in [0.05, 0.1) is 23.8 Å². The molecular weight excluding hydrogens is 278 g/mol. The number of amides is 1. The number of fused-ring (bicyclic) bond motifs is 3. The number of rotatable bonds is 3. The molecule has 22 heavy (non-hydrogen) atoms. The van der Waals surface area contributed by atoms with Gasteiger partial charge >= 0.3 is 0 Å². The third-order valence-corrected chi connectivity index (χ3v) is 3.96. The Bertz CT molecular complexity index is 865. The van der Waals surface area contributed by atoms with Crippen LogP contribution in [0, 0.1) is 6.92 Å². The van der Waals surface area contributed by atoms with Crippen molar-refractivity contribution in [3.8, 4) is 5.75 Å². The summed E-state index contributed by atoms with van der Waals surface area (Å²) in [6.07, 6.45) is 1.81. The number of likely N-dealkylation sites (N-methyl/N-ethyl adjacent to an activating group) is 1. The van der Waals surface area contributed by atoms with Gasteiger partial charge in [0.2, 0.25) is 5.91 Å². The average Bonchev–Trinajstić information content (AvgIpc) is 2.82.